The molecule has 0 unspecified atom stereocenters. The molecule has 152 valence electrons. The zero-order valence-corrected chi connectivity index (χ0v) is 16.8. The molecule has 2 atom stereocenters. The maximum atomic E-state index is 13.4. The highest BCUT2D eigenvalue weighted by molar-refractivity contribution is 6.00. The number of methoxy groups -OCH3 is 2. The molecule has 2 heterocycles. The average molecular weight is 402 g/mol. The molecule has 2 aromatic carbocycles. The second-order valence-corrected chi connectivity index (χ2v) is 7.49. The van der Waals surface area contributed by atoms with E-state index in [2.05, 4.69) is 27.5 Å². The number of rotatable bonds is 4. The molecule has 30 heavy (non-hydrogen) atoms. The molecule has 1 aliphatic heterocycles. The van der Waals surface area contributed by atoms with Gasteiger partial charge < -0.3 is 14.8 Å². The Morgan fingerprint density at radius 1 is 1.07 bits per heavy atom. The molecule has 2 aliphatic rings. The van der Waals surface area contributed by atoms with Crippen molar-refractivity contribution in [3.63, 3.8) is 0 Å². The summed E-state index contributed by atoms with van der Waals surface area (Å²) in [7, 11) is 3.23. The van der Waals surface area contributed by atoms with Gasteiger partial charge in [-0.15, -0.1) is 0 Å². The minimum atomic E-state index is -0.399. The van der Waals surface area contributed by atoms with Crippen LogP contribution in [0.25, 0.3) is 0 Å². The lowest BCUT2D eigenvalue weighted by Crippen LogP contribution is -2.33. The first-order valence-corrected chi connectivity index (χ1v) is 9.89. The zero-order chi connectivity index (χ0) is 20.7. The molecule has 1 N–H and O–H groups in total. The molecule has 0 saturated heterocycles. The van der Waals surface area contributed by atoms with Crippen LogP contribution in [0.3, 0.4) is 0 Å². The standard InChI is InChI=1S/C23H22N4O3/c1-29-16-8-9-17(20(12-16)30-2)22-21-18(26-23-24-13-25-27(22)23)10-15(11-19(21)28)14-6-4-3-5-7-14/h3-9,12-13,15,22H,10-11H2,1-2H3,(H,24,25,26)/t15-,22-/m0/s1. The number of allylic oxidation sites excluding steroid dienone is 2. The number of ether oxygens (including phenoxy) is 2. The largest absolute Gasteiger partial charge is 0.497 e. The second-order valence-electron chi connectivity index (χ2n) is 7.49. The number of anilines is 1. The summed E-state index contributed by atoms with van der Waals surface area (Å²) in [5, 5.41) is 7.76. The molecule has 1 aromatic heterocycles. The number of hydrogen-bond donors (Lipinski definition) is 1. The molecule has 5 rings (SSSR count). The minimum Gasteiger partial charge on any atom is -0.497 e. The molecule has 7 heteroatoms. The van der Waals surface area contributed by atoms with Crippen LogP contribution in [-0.4, -0.2) is 34.8 Å². The van der Waals surface area contributed by atoms with Crippen LogP contribution in [0.4, 0.5) is 5.95 Å². The van der Waals surface area contributed by atoms with Crippen molar-refractivity contribution in [3.8, 4) is 11.5 Å². The lowest BCUT2D eigenvalue weighted by Gasteiger charge is -2.35. The molecule has 1 aliphatic carbocycles. The highest BCUT2D eigenvalue weighted by Gasteiger charge is 2.40. The fourth-order valence-electron chi connectivity index (χ4n) is 4.44. The number of carbonyl (C=O) groups is 1. The number of fused-ring (bicyclic) bond motifs is 1. The van der Waals surface area contributed by atoms with Crippen molar-refractivity contribution >= 4 is 11.7 Å². The van der Waals surface area contributed by atoms with Gasteiger partial charge in [-0.05, 0) is 30.0 Å². The summed E-state index contributed by atoms with van der Waals surface area (Å²) in [5.41, 5.74) is 3.66. The number of nitrogens with one attached hydrogen (secondary N) is 1. The van der Waals surface area contributed by atoms with Crippen molar-refractivity contribution < 1.29 is 14.3 Å². The Kier molecular flexibility index (Phi) is 4.50. The summed E-state index contributed by atoms with van der Waals surface area (Å²) >= 11 is 0. The quantitative estimate of drug-likeness (QED) is 0.717. The summed E-state index contributed by atoms with van der Waals surface area (Å²) in [6.07, 6.45) is 2.71. The summed E-state index contributed by atoms with van der Waals surface area (Å²) in [6, 6.07) is 15.4. The maximum absolute atomic E-state index is 13.4. The Labute approximate surface area is 174 Å². The molecule has 0 bridgehead atoms. The van der Waals surface area contributed by atoms with Crippen LogP contribution < -0.4 is 14.8 Å². The zero-order valence-electron chi connectivity index (χ0n) is 16.8. The van der Waals surface area contributed by atoms with E-state index in [1.54, 1.807) is 18.9 Å². The van der Waals surface area contributed by atoms with E-state index in [0.29, 0.717) is 23.9 Å². The molecular formula is C23H22N4O3. The van der Waals surface area contributed by atoms with Crippen LogP contribution in [0.2, 0.25) is 0 Å². The van der Waals surface area contributed by atoms with Crippen LogP contribution in [-0.2, 0) is 4.79 Å². The highest BCUT2D eigenvalue weighted by Crippen LogP contribution is 2.46. The smallest absolute Gasteiger partial charge is 0.226 e. The Hall–Kier alpha value is -3.61. The van der Waals surface area contributed by atoms with E-state index in [9.17, 15) is 4.79 Å². The monoisotopic (exact) mass is 402 g/mol. The third-order valence-corrected chi connectivity index (χ3v) is 5.87. The number of aromatic nitrogens is 3. The van der Waals surface area contributed by atoms with Crippen LogP contribution in [0.15, 0.2) is 66.1 Å². The highest BCUT2D eigenvalue weighted by atomic mass is 16.5. The van der Waals surface area contributed by atoms with Crippen molar-refractivity contribution in [1.29, 1.82) is 0 Å². The Morgan fingerprint density at radius 3 is 2.67 bits per heavy atom. The van der Waals surface area contributed by atoms with Crippen molar-refractivity contribution in [1.82, 2.24) is 14.8 Å². The number of nitrogens with zero attached hydrogens (tertiary/aromatic N) is 3. The average Bonchev–Trinajstić information content (AvgIpc) is 3.26. The van der Waals surface area contributed by atoms with Gasteiger partial charge in [-0.2, -0.15) is 10.1 Å². The molecule has 0 radical (unpaired) electrons. The molecule has 0 spiro atoms. The topological polar surface area (TPSA) is 78.3 Å². The van der Waals surface area contributed by atoms with E-state index in [-0.39, 0.29) is 11.7 Å². The lowest BCUT2D eigenvalue weighted by atomic mass is 9.78. The molecule has 0 saturated carbocycles. The van der Waals surface area contributed by atoms with Gasteiger partial charge in [-0.25, -0.2) is 4.68 Å². The first-order valence-electron chi connectivity index (χ1n) is 9.89. The van der Waals surface area contributed by atoms with Crippen LogP contribution in [0.5, 0.6) is 11.5 Å². The van der Waals surface area contributed by atoms with Crippen molar-refractivity contribution in [2.75, 3.05) is 19.5 Å². The van der Waals surface area contributed by atoms with Gasteiger partial charge in [0.1, 0.15) is 23.9 Å². The van der Waals surface area contributed by atoms with Crippen molar-refractivity contribution in [2.45, 2.75) is 24.8 Å². The van der Waals surface area contributed by atoms with Crippen LogP contribution >= 0.6 is 0 Å². The SMILES string of the molecule is COc1ccc([C@H]2C3=C(C[C@H](c4ccccc4)CC3=O)Nc3ncnn32)c(OC)c1. The summed E-state index contributed by atoms with van der Waals surface area (Å²) in [6.45, 7) is 0. The van der Waals surface area contributed by atoms with Crippen LogP contribution in [0, 0.1) is 0 Å². The molecular weight excluding hydrogens is 380 g/mol. The Balaban J connectivity index is 1.63. The van der Waals surface area contributed by atoms with Gasteiger partial charge in [0.15, 0.2) is 5.78 Å². The number of carbonyl (C=O) groups excluding carboxylic acids is 1. The van der Waals surface area contributed by atoms with Gasteiger partial charge in [0.25, 0.3) is 0 Å². The predicted octanol–water partition coefficient (Wildman–Crippen LogP) is 3.71. The number of benzene rings is 2. The van der Waals surface area contributed by atoms with Gasteiger partial charge >= 0.3 is 0 Å². The predicted molar refractivity (Wildman–Crippen MR) is 112 cm³/mol. The fraction of sp³-hybridized carbons (Fsp3) is 0.261. The maximum Gasteiger partial charge on any atom is 0.226 e. The van der Waals surface area contributed by atoms with Crippen molar-refractivity contribution in [3.05, 3.63) is 77.3 Å². The first kappa shape index (κ1) is 18.4. The third kappa shape index (κ3) is 2.94. The third-order valence-electron chi connectivity index (χ3n) is 5.87. The van der Waals surface area contributed by atoms with Gasteiger partial charge in [0, 0.05) is 29.3 Å². The first-order chi connectivity index (χ1) is 14.7. The molecule has 0 amide bonds. The Morgan fingerprint density at radius 2 is 1.90 bits per heavy atom. The van der Waals surface area contributed by atoms with Gasteiger partial charge in [-0.1, -0.05) is 30.3 Å². The second kappa shape index (κ2) is 7.33. The summed E-state index contributed by atoms with van der Waals surface area (Å²) in [4.78, 5) is 17.8. The number of Topliss-reactive ketones (excluding diaryl/α,β-unsaturated/α-hetero) is 1. The van der Waals surface area contributed by atoms with E-state index in [1.165, 1.54) is 11.9 Å². The normalized spacial score (nSPS) is 20.3. The summed E-state index contributed by atoms with van der Waals surface area (Å²) in [5.74, 6) is 2.21. The minimum absolute atomic E-state index is 0.113. The van der Waals surface area contributed by atoms with E-state index in [0.717, 1.165) is 23.3 Å². The Bertz CT molecular complexity index is 1140. The number of ketones is 1. The van der Waals surface area contributed by atoms with Gasteiger partial charge in [0.05, 0.1) is 14.2 Å². The number of hydrogen-bond acceptors (Lipinski definition) is 6. The van der Waals surface area contributed by atoms with E-state index in [1.807, 2.05) is 36.4 Å². The van der Waals surface area contributed by atoms with E-state index in [4.69, 9.17) is 9.47 Å². The molecule has 7 nitrogen and oxygen atoms in total. The van der Waals surface area contributed by atoms with Gasteiger partial charge in [0.2, 0.25) is 5.95 Å². The summed E-state index contributed by atoms with van der Waals surface area (Å²) < 4.78 is 12.7. The lowest BCUT2D eigenvalue weighted by molar-refractivity contribution is -0.116. The van der Waals surface area contributed by atoms with Crippen LogP contribution in [0.1, 0.15) is 35.9 Å². The van der Waals surface area contributed by atoms with Crippen molar-refractivity contribution in [2.24, 2.45) is 0 Å². The molecule has 0 fully saturated rings. The van der Waals surface area contributed by atoms with E-state index >= 15 is 0 Å². The molecule has 3 aromatic rings. The van der Waals surface area contributed by atoms with Gasteiger partial charge in [-0.3, -0.25) is 4.79 Å². The van der Waals surface area contributed by atoms with E-state index < -0.39 is 6.04 Å². The fourth-order valence-corrected chi connectivity index (χ4v) is 4.44.